The van der Waals surface area contributed by atoms with Crippen LogP contribution in [-0.4, -0.2) is 49.9 Å². The number of nitrogens with zero attached hydrogens (tertiary/aromatic N) is 2. The van der Waals surface area contributed by atoms with Gasteiger partial charge >= 0.3 is 0 Å². The van der Waals surface area contributed by atoms with Crippen LogP contribution in [0.25, 0.3) is 0 Å². The lowest BCUT2D eigenvalue weighted by molar-refractivity contribution is -0.384. The normalized spacial score (nSPS) is 18.8. The zero-order valence-corrected chi connectivity index (χ0v) is 14.7. The monoisotopic (exact) mass is 350 g/mol. The first kappa shape index (κ1) is 19.1. The molecule has 2 rings (SSSR count). The minimum Gasteiger partial charge on any atom is -0.383 e. The summed E-state index contributed by atoms with van der Waals surface area (Å²) < 4.78 is 10.8. The molecule has 1 fully saturated rings. The van der Waals surface area contributed by atoms with Crippen LogP contribution < -0.4 is 10.6 Å². The highest BCUT2D eigenvalue weighted by molar-refractivity contribution is 5.80. The molecule has 8 heteroatoms. The molecule has 8 nitrogen and oxygen atoms in total. The molecular weight excluding hydrogens is 324 g/mol. The zero-order valence-electron chi connectivity index (χ0n) is 14.7. The summed E-state index contributed by atoms with van der Waals surface area (Å²) in [6.45, 7) is 4.53. The Morgan fingerprint density at radius 3 is 2.84 bits per heavy atom. The lowest BCUT2D eigenvalue weighted by Gasteiger charge is -2.22. The number of nitro benzene ring substituents is 1. The number of rotatable bonds is 8. The molecule has 1 saturated heterocycles. The largest absolute Gasteiger partial charge is 0.383 e. The number of aliphatic imine (C=N–C) groups is 1. The summed E-state index contributed by atoms with van der Waals surface area (Å²) in [4.78, 5) is 14.9. The van der Waals surface area contributed by atoms with E-state index >= 15 is 0 Å². The van der Waals surface area contributed by atoms with E-state index in [0.717, 1.165) is 25.0 Å². The molecule has 1 aromatic rings. The lowest BCUT2D eigenvalue weighted by Crippen LogP contribution is -2.47. The van der Waals surface area contributed by atoms with Gasteiger partial charge < -0.3 is 20.1 Å². The van der Waals surface area contributed by atoms with Crippen LogP contribution in [0.3, 0.4) is 0 Å². The van der Waals surface area contributed by atoms with E-state index in [1.165, 1.54) is 12.1 Å². The summed E-state index contributed by atoms with van der Waals surface area (Å²) in [5.41, 5.74) is 0.986. The van der Waals surface area contributed by atoms with Gasteiger partial charge in [0.1, 0.15) is 0 Å². The van der Waals surface area contributed by atoms with Gasteiger partial charge in [-0.1, -0.05) is 12.1 Å². The summed E-state index contributed by atoms with van der Waals surface area (Å²) in [5, 5.41) is 17.3. The van der Waals surface area contributed by atoms with E-state index in [9.17, 15) is 10.1 Å². The molecule has 1 aliphatic rings. The molecular formula is C17H26N4O4. The second-order valence-electron chi connectivity index (χ2n) is 5.99. The second kappa shape index (κ2) is 9.95. The van der Waals surface area contributed by atoms with Gasteiger partial charge in [0, 0.05) is 32.4 Å². The molecule has 2 N–H and O–H groups in total. The average Bonchev–Trinajstić information content (AvgIpc) is 3.14. The molecule has 0 radical (unpaired) electrons. The number of non-ortho nitro benzene ring substituents is 1. The Bertz CT molecular complexity index is 571. The molecule has 1 aliphatic heterocycles. The highest BCUT2D eigenvalue weighted by Gasteiger charge is 2.23. The van der Waals surface area contributed by atoms with Crippen LogP contribution in [0.5, 0.6) is 0 Å². The van der Waals surface area contributed by atoms with E-state index in [1.54, 1.807) is 19.2 Å². The van der Waals surface area contributed by atoms with E-state index in [-0.39, 0.29) is 17.8 Å². The molecule has 2 atom stereocenters. The Kier molecular flexibility index (Phi) is 7.62. The topological polar surface area (TPSA) is 98.0 Å². The average molecular weight is 350 g/mol. The maximum absolute atomic E-state index is 10.7. The highest BCUT2D eigenvalue weighted by atomic mass is 16.6. The Morgan fingerprint density at radius 2 is 2.24 bits per heavy atom. The lowest BCUT2D eigenvalue weighted by atomic mass is 10.1. The summed E-state index contributed by atoms with van der Waals surface area (Å²) in [6.07, 6.45) is 2.32. The first-order valence-electron chi connectivity index (χ1n) is 8.49. The predicted octanol–water partition coefficient (Wildman–Crippen LogP) is 1.84. The van der Waals surface area contributed by atoms with Crippen LogP contribution in [0.4, 0.5) is 5.69 Å². The van der Waals surface area contributed by atoms with Gasteiger partial charge in [0.15, 0.2) is 5.96 Å². The van der Waals surface area contributed by atoms with Gasteiger partial charge in [0.25, 0.3) is 5.69 Å². The number of methoxy groups -OCH3 is 1. The van der Waals surface area contributed by atoms with Crippen molar-refractivity contribution in [1.29, 1.82) is 0 Å². The zero-order chi connectivity index (χ0) is 18.1. The Hall–Kier alpha value is -2.19. The summed E-state index contributed by atoms with van der Waals surface area (Å²) >= 11 is 0. The van der Waals surface area contributed by atoms with E-state index in [0.29, 0.717) is 25.7 Å². The van der Waals surface area contributed by atoms with E-state index in [2.05, 4.69) is 22.5 Å². The van der Waals surface area contributed by atoms with Gasteiger partial charge in [-0.05, 0) is 25.3 Å². The quantitative estimate of drug-likeness (QED) is 0.244. The van der Waals surface area contributed by atoms with Crippen molar-refractivity contribution in [3.05, 3.63) is 39.9 Å². The minimum atomic E-state index is -0.407. The van der Waals surface area contributed by atoms with Crippen molar-refractivity contribution in [3.63, 3.8) is 0 Å². The fourth-order valence-corrected chi connectivity index (χ4v) is 2.62. The Labute approximate surface area is 147 Å². The molecule has 0 spiro atoms. The fraction of sp³-hybridized carbons (Fsp3) is 0.588. The Balaban J connectivity index is 1.97. The van der Waals surface area contributed by atoms with Crippen molar-refractivity contribution >= 4 is 11.6 Å². The molecule has 25 heavy (non-hydrogen) atoms. The van der Waals surface area contributed by atoms with Crippen LogP contribution in [0, 0.1) is 10.1 Å². The summed E-state index contributed by atoms with van der Waals surface area (Å²) in [6, 6.07) is 6.57. The fourth-order valence-electron chi connectivity index (χ4n) is 2.62. The molecule has 138 valence electrons. The van der Waals surface area contributed by atoms with Gasteiger partial charge in [0.2, 0.25) is 0 Å². The molecule has 0 amide bonds. The van der Waals surface area contributed by atoms with Crippen molar-refractivity contribution in [3.8, 4) is 0 Å². The molecule has 2 unspecified atom stereocenters. The van der Waals surface area contributed by atoms with Gasteiger partial charge in [-0.3, -0.25) is 10.1 Å². The summed E-state index contributed by atoms with van der Waals surface area (Å²) in [7, 11) is 1.65. The molecule has 0 saturated carbocycles. The number of guanidine groups is 1. The predicted molar refractivity (Wildman–Crippen MR) is 95.7 cm³/mol. The van der Waals surface area contributed by atoms with Gasteiger partial charge in [-0.25, -0.2) is 4.99 Å². The third kappa shape index (κ3) is 6.32. The van der Waals surface area contributed by atoms with Crippen molar-refractivity contribution < 1.29 is 14.4 Å². The van der Waals surface area contributed by atoms with Crippen LogP contribution in [-0.2, 0) is 16.0 Å². The van der Waals surface area contributed by atoms with Crippen molar-refractivity contribution in [2.75, 3.05) is 26.9 Å². The first-order valence-corrected chi connectivity index (χ1v) is 8.49. The summed E-state index contributed by atoms with van der Waals surface area (Å²) in [5.74, 6) is 0.679. The van der Waals surface area contributed by atoms with E-state index in [1.807, 2.05) is 0 Å². The van der Waals surface area contributed by atoms with E-state index < -0.39 is 4.92 Å². The third-order valence-corrected chi connectivity index (χ3v) is 4.05. The van der Waals surface area contributed by atoms with Crippen molar-refractivity contribution in [1.82, 2.24) is 10.6 Å². The highest BCUT2D eigenvalue weighted by Crippen LogP contribution is 2.15. The number of nitrogens with one attached hydrogen (secondary N) is 2. The van der Waals surface area contributed by atoms with Crippen molar-refractivity contribution in [2.45, 2.75) is 38.5 Å². The van der Waals surface area contributed by atoms with Crippen LogP contribution in [0.2, 0.25) is 0 Å². The smallest absolute Gasteiger partial charge is 0.269 e. The molecule has 0 aliphatic carbocycles. The van der Waals surface area contributed by atoms with Gasteiger partial charge in [-0.15, -0.1) is 0 Å². The van der Waals surface area contributed by atoms with Crippen LogP contribution in [0.15, 0.2) is 29.3 Å². The van der Waals surface area contributed by atoms with Crippen molar-refractivity contribution in [2.24, 2.45) is 4.99 Å². The SMILES string of the molecule is COCCNC(=NCc1ccc([N+](=O)[O-])cc1)NC(C)C1CCCO1. The minimum absolute atomic E-state index is 0.0799. The second-order valence-corrected chi connectivity index (χ2v) is 5.99. The number of nitro groups is 1. The molecule has 0 aromatic heterocycles. The van der Waals surface area contributed by atoms with Crippen LogP contribution >= 0.6 is 0 Å². The maximum Gasteiger partial charge on any atom is 0.269 e. The molecule has 1 heterocycles. The van der Waals surface area contributed by atoms with Gasteiger partial charge in [0.05, 0.1) is 30.2 Å². The maximum atomic E-state index is 10.7. The molecule has 1 aromatic carbocycles. The first-order chi connectivity index (χ1) is 12.1. The Morgan fingerprint density at radius 1 is 1.48 bits per heavy atom. The third-order valence-electron chi connectivity index (χ3n) is 4.05. The number of hydrogen-bond acceptors (Lipinski definition) is 5. The number of ether oxygens (including phenoxy) is 2. The van der Waals surface area contributed by atoms with E-state index in [4.69, 9.17) is 9.47 Å². The molecule has 0 bridgehead atoms. The standard InChI is InChI=1S/C17H26N4O4/c1-13(16-4-3-10-25-16)20-17(18-9-11-24-2)19-12-14-5-7-15(8-6-14)21(22)23/h5-8,13,16H,3-4,9-12H2,1-2H3,(H2,18,19,20). The number of benzene rings is 1. The van der Waals surface area contributed by atoms with Gasteiger partial charge in [-0.2, -0.15) is 0 Å². The van der Waals surface area contributed by atoms with Crippen LogP contribution in [0.1, 0.15) is 25.3 Å². The number of hydrogen-bond donors (Lipinski definition) is 2.